The maximum Gasteiger partial charge on any atom is 0.336 e. The molecule has 0 radical (unpaired) electrons. The van der Waals surface area contributed by atoms with Gasteiger partial charge in [0.15, 0.2) is 0 Å². The number of carbonyl (C=O) groups is 1. The van der Waals surface area contributed by atoms with E-state index in [0.29, 0.717) is 40.6 Å². The Kier molecular flexibility index (Phi) is 3.38. The Morgan fingerprint density at radius 3 is 2.62 bits per heavy atom. The molecule has 0 spiro atoms. The van der Waals surface area contributed by atoms with Gasteiger partial charge in [0.1, 0.15) is 5.82 Å². The average molecular weight is 319 g/mol. The number of pyridine rings is 1. The number of para-hydroxylation sites is 1. The van der Waals surface area contributed by atoms with Crippen molar-refractivity contribution in [3.8, 4) is 0 Å². The lowest BCUT2D eigenvalue weighted by Gasteiger charge is -2.09. The van der Waals surface area contributed by atoms with Crippen molar-refractivity contribution in [2.24, 2.45) is 0 Å². The maximum atomic E-state index is 13.9. The predicted molar refractivity (Wildman–Crippen MR) is 91.3 cm³/mol. The summed E-state index contributed by atoms with van der Waals surface area (Å²) in [6.45, 7) is 0. The number of allylic oxidation sites excluding steroid dienone is 1. The summed E-state index contributed by atoms with van der Waals surface area (Å²) >= 11 is 0. The molecule has 0 bridgehead atoms. The molecule has 3 nitrogen and oxygen atoms in total. The van der Waals surface area contributed by atoms with Crippen molar-refractivity contribution in [3.63, 3.8) is 0 Å². The molecule has 1 aliphatic rings. The second kappa shape index (κ2) is 5.57. The monoisotopic (exact) mass is 319 g/mol. The number of carboxylic acids is 1. The van der Waals surface area contributed by atoms with Crippen LogP contribution in [0.5, 0.6) is 0 Å². The van der Waals surface area contributed by atoms with Gasteiger partial charge in [0.05, 0.1) is 16.8 Å². The fraction of sp³-hybridized carbons (Fsp3) is 0.100. The minimum absolute atomic E-state index is 0.294. The molecule has 0 fully saturated rings. The van der Waals surface area contributed by atoms with E-state index in [1.54, 1.807) is 36.4 Å². The molecule has 24 heavy (non-hydrogen) atoms. The van der Waals surface area contributed by atoms with Crippen molar-refractivity contribution in [2.75, 3.05) is 0 Å². The summed E-state index contributed by atoms with van der Waals surface area (Å²) < 4.78 is 13.9. The van der Waals surface area contributed by atoms with Crippen molar-refractivity contribution in [1.29, 1.82) is 0 Å². The molecule has 0 saturated heterocycles. The lowest BCUT2D eigenvalue weighted by Crippen LogP contribution is -2.05. The van der Waals surface area contributed by atoms with E-state index in [1.165, 1.54) is 6.07 Å². The predicted octanol–water partition coefficient (Wildman–Crippen LogP) is 4.56. The average Bonchev–Trinajstić information content (AvgIpc) is 2.97. The number of halogens is 1. The van der Waals surface area contributed by atoms with E-state index >= 15 is 0 Å². The number of benzene rings is 2. The van der Waals surface area contributed by atoms with Gasteiger partial charge in [-0.05, 0) is 42.2 Å². The quantitative estimate of drug-likeness (QED) is 0.753. The topological polar surface area (TPSA) is 50.2 Å². The fourth-order valence-electron chi connectivity index (χ4n) is 3.30. The van der Waals surface area contributed by atoms with Crippen LogP contribution in [0.1, 0.15) is 33.6 Å². The lowest BCUT2D eigenvalue weighted by molar-refractivity contribution is 0.0698. The van der Waals surface area contributed by atoms with Crippen LogP contribution in [0, 0.1) is 5.82 Å². The van der Waals surface area contributed by atoms with Crippen LogP contribution in [0.2, 0.25) is 0 Å². The van der Waals surface area contributed by atoms with Crippen molar-refractivity contribution < 1.29 is 14.3 Å². The van der Waals surface area contributed by atoms with E-state index < -0.39 is 5.97 Å². The summed E-state index contributed by atoms with van der Waals surface area (Å²) in [7, 11) is 0. The van der Waals surface area contributed by atoms with Crippen molar-refractivity contribution >= 4 is 28.5 Å². The van der Waals surface area contributed by atoms with Gasteiger partial charge in [0.25, 0.3) is 0 Å². The molecule has 0 atom stereocenters. The fourth-order valence-corrected chi connectivity index (χ4v) is 3.30. The number of rotatable bonds is 2. The van der Waals surface area contributed by atoms with E-state index in [4.69, 9.17) is 0 Å². The van der Waals surface area contributed by atoms with Gasteiger partial charge in [0.2, 0.25) is 0 Å². The third kappa shape index (κ3) is 2.27. The smallest absolute Gasteiger partial charge is 0.336 e. The highest BCUT2D eigenvalue weighted by atomic mass is 19.1. The van der Waals surface area contributed by atoms with Crippen LogP contribution in [0.25, 0.3) is 22.6 Å². The SMILES string of the molecule is O=C(O)c1c2c(nc3ccccc13)C(=Cc1ccccc1F)CC2. The molecule has 4 heteroatoms. The van der Waals surface area contributed by atoms with Gasteiger partial charge in [0, 0.05) is 10.9 Å². The van der Waals surface area contributed by atoms with Crippen LogP contribution in [0.3, 0.4) is 0 Å². The zero-order chi connectivity index (χ0) is 16.7. The van der Waals surface area contributed by atoms with Gasteiger partial charge in [-0.15, -0.1) is 0 Å². The minimum Gasteiger partial charge on any atom is -0.478 e. The lowest BCUT2D eigenvalue weighted by atomic mass is 10.0. The van der Waals surface area contributed by atoms with E-state index in [1.807, 2.05) is 12.1 Å². The van der Waals surface area contributed by atoms with Crippen LogP contribution >= 0.6 is 0 Å². The molecule has 2 aromatic carbocycles. The van der Waals surface area contributed by atoms with Crippen LogP contribution in [0.4, 0.5) is 4.39 Å². The summed E-state index contributed by atoms with van der Waals surface area (Å²) in [6, 6.07) is 13.8. The number of aromatic nitrogens is 1. The van der Waals surface area contributed by atoms with E-state index in [9.17, 15) is 14.3 Å². The molecule has 1 aliphatic carbocycles. The summed E-state index contributed by atoms with van der Waals surface area (Å²) in [6.07, 6.45) is 3.04. The Morgan fingerprint density at radius 1 is 1.08 bits per heavy atom. The normalized spacial score (nSPS) is 15.0. The molecule has 118 valence electrons. The largest absolute Gasteiger partial charge is 0.478 e. The van der Waals surface area contributed by atoms with Gasteiger partial charge < -0.3 is 5.11 Å². The van der Waals surface area contributed by atoms with Gasteiger partial charge in [-0.2, -0.15) is 0 Å². The minimum atomic E-state index is -0.947. The third-order valence-electron chi connectivity index (χ3n) is 4.39. The molecule has 0 aliphatic heterocycles. The van der Waals surface area contributed by atoms with Crippen LogP contribution in [0.15, 0.2) is 48.5 Å². The molecule has 0 amide bonds. The van der Waals surface area contributed by atoms with E-state index in [-0.39, 0.29) is 5.82 Å². The number of aromatic carboxylic acids is 1. The Hall–Kier alpha value is -3.01. The first-order valence-electron chi connectivity index (χ1n) is 7.75. The highest BCUT2D eigenvalue weighted by Gasteiger charge is 2.26. The molecule has 4 rings (SSSR count). The Morgan fingerprint density at radius 2 is 1.83 bits per heavy atom. The van der Waals surface area contributed by atoms with Crippen molar-refractivity contribution in [2.45, 2.75) is 12.8 Å². The van der Waals surface area contributed by atoms with Crippen molar-refractivity contribution in [3.05, 3.63) is 76.7 Å². The maximum absolute atomic E-state index is 13.9. The summed E-state index contributed by atoms with van der Waals surface area (Å²) in [4.78, 5) is 16.4. The van der Waals surface area contributed by atoms with Crippen LogP contribution in [-0.4, -0.2) is 16.1 Å². The standard InChI is InChI=1S/C20H14FNO2/c21-16-7-3-1-5-12(16)11-13-9-10-15-18(20(23)24)14-6-2-4-8-17(14)22-19(13)15/h1-8,11H,9-10H2,(H,23,24). The highest BCUT2D eigenvalue weighted by molar-refractivity contribution is 6.06. The number of nitrogens with zero attached hydrogens (tertiary/aromatic N) is 1. The molecular weight excluding hydrogens is 305 g/mol. The van der Waals surface area contributed by atoms with Crippen molar-refractivity contribution in [1.82, 2.24) is 4.98 Å². The molecule has 0 unspecified atom stereocenters. The Labute approximate surface area is 138 Å². The number of carboxylic acid groups (broad SMARTS) is 1. The zero-order valence-corrected chi connectivity index (χ0v) is 12.8. The first kappa shape index (κ1) is 14.6. The second-order valence-corrected chi connectivity index (χ2v) is 5.83. The van der Waals surface area contributed by atoms with Gasteiger partial charge in [-0.1, -0.05) is 36.4 Å². The second-order valence-electron chi connectivity index (χ2n) is 5.83. The van der Waals surface area contributed by atoms with Crippen LogP contribution < -0.4 is 0 Å². The Balaban J connectivity index is 1.96. The van der Waals surface area contributed by atoms with E-state index in [2.05, 4.69) is 4.98 Å². The number of hydrogen-bond donors (Lipinski definition) is 1. The third-order valence-corrected chi connectivity index (χ3v) is 4.39. The molecule has 1 N–H and O–H groups in total. The zero-order valence-electron chi connectivity index (χ0n) is 12.8. The summed E-state index contributed by atoms with van der Waals surface area (Å²) in [5.74, 6) is -1.24. The highest BCUT2D eigenvalue weighted by Crippen LogP contribution is 2.37. The first-order chi connectivity index (χ1) is 11.6. The molecule has 1 heterocycles. The molecule has 0 saturated carbocycles. The number of fused-ring (bicyclic) bond motifs is 2. The summed E-state index contributed by atoms with van der Waals surface area (Å²) in [5, 5.41) is 10.3. The summed E-state index contributed by atoms with van der Waals surface area (Å²) in [5.41, 5.74) is 3.75. The Bertz CT molecular complexity index is 1010. The van der Waals surface area contributed by atoms with Gasteiger partial charge >= 0.3 is 5.97 Å². The van der Waals surface area contributed by atoms with Crippen LogP contribution in [-0.2, 0) is 6.42 Å². The van der Waals surface area contributed by atoms with E-state index in [0.717, 1.165) is 11.1 Å². The molecule has 1 aromatic heterocycles. The van der Waals surface area contributed by atoms with Gasteiger partial charge in [-0.25, -0.2) is 14.2 Å². The molecular formula is C20H14FNO2. The number of hydrogen-bond acceptors (Lipinski definition) is 2. The van der Waals surface area contributed by atoms with Gasteiger partial charge in [-0.3, -0.25) is 0 Å². The molecule has 3 aromatic rings. The first-order valence-corrected chi connectivity index (χ1v) is 7.75.